The van der Waals surface area contributed by atoms with Crippen molar-refractivity contribution in [3.05, 3.63) is 79.7 Å². The van der Waals surface area contributed by atoms with Gasteiger partial charge in [0.25, 0.3) is 5.91 Å². The van der Waals surface area contributed by atoms with Crippen LogP contribution < -0.4 is 10.9 Å². The van der Waals surface area contributed by atoms with Crippen molar-refractivity contribution in [3.8, 4) is 0 Å². The zero-order chi connectivity index (χ0) is 17.3. The molecule has 1 aromatic heterocycles. The molecule has 3 aromatic rings. The second-order valence-corrected chi connectivity index (χ2v) is 5.26. The van der Waals surface area contributed by atoms with E-state index in [9.17, 15) is 19.7 Å². The van der Waals surface area contributed by atoms with Crippen LogP contribution in [0.1, 0.15) is 10.4 Å². The molecule has 1 N–H and O–H groups in total. The largest absolute Gasteiger partial charge is 0.423 e. The lowest BCUT2D eigenvalue weighted by molar-refractivity contribution is -0.385. The smallest absolute Gasteiger partial charge is 0.336 e. The van der Waals surface area contributed by atoms with Crippen LogP contribution in [-0.4, -0.2) is 10.8 Å². The standard InChI is InChI=1S/C16H9ClN2O5/c17-12-3-1-2-11(15(12)19(22)23)16(21)18-10-5-6-13-9(8-10)4-7-14(20)24-13/h1-8H,(H,18,21). The van der Waals surface area contributed by atoms with Gasteiger partial charge in [0.2, 0.25) is 0 Å². The molecular weight excluding hydrogens is 336 g/mol. The van der Waals surface area contributed by atoms with Crippen molar-refractivity contribution in [2.24, 2.45) is 0 Å². The number of nitrogens with one attached hydrogen (secondary N) is 1. The van der Waals surface area contributed by atoms with Gasteiger partial charge in [-0.3, -0.25) is 14.9 Å². The van der Waals surface area contributed by atoms with E-state index in [0.29, 0.717) is 16.7 Å². The Balaban J connectivity index is 1.96. The molecule has 0 saturated carbocycles. The van der Waals surface area contributed by atoms with E-state index in [2.05, 4.69) is 5.32 Å². The van der Waals surface area contributed by atoms with Crippen LogP contribution in [0, 0.1) is 10.1 Å². The summed E-state index contributed by atoms with van der Waals surface area (Å²) in [4.78, 5) is 33.9. The maximum absolute atomic E-state index is 12.3. The Labute approximate surface area is 139 Å². The van der Waals surface area contributed by atoms with Gasteiger partial charge in [0, 0.05) is 17.1 Å². The number of nitro benzene ring substituents is 1. The number of nitrogens with zero attached hydrogens (tertiary/aromatic N) is 1. The normalized spacial score (nSPS) is 10.5. The topological polar surface area (TPSA) is 102 Å². The zero-order valence-corrected chi connectivity index (χ0v) is 12.7. The van der Waals surface area contributed by atoms with Gasteiger partial charge < -0.3 is 9.73 Å². The van der Waals surface area contributed by atoms with Crippen molar-refractivity contribution in [2.75, 3.05) is 5.32 Å². The minimum Gasteiger partial charge on any atom is -0.423 e. The molecule has 1 amide bonds. The first-order valence-corrected chi connectivity index (χ1v) is 7.11. The molecule has 2 aromatic carbocycles. The van der Waals surface area contributed by atoms with E-state index >= 15 is 0 Å². The van der Waals surface area contributed by atoms with Gasteiger partial charge in [-0.2, -0.15) is 0 Å². The first-order valence-electron chi connectivity index (χ1n) is 6.74. The van der Waals surface area contributed by atoms with E-state index in [-0.39, 0.29) is 10.6 Å². The summed E-state index contributed by atoms with van der Waals surface area (Å²) in [6.45, 7) is 0. The molecule has 7 nitrogen and oxygen atoms in total. The second-order valence-electron chi connectivity index (χ2n) is 4.85. The summed E-state index contributed by atoms with van der Waals surface area (Å²) in [5, 5.41) is 14.2. The highest BCUT2D eigenvalue weighted by atomic mass is 35.5. The van der Waals surface area contributed by atoms with Crippen LogP contribution in [0.5, 0.6) is 0 Å². The number of fused-ring (bicyclic) bond motifs is 1. The van der Waals surface area contributed by atoms with Crippen molar-refractivity contribution in [2.45, 2.75) is 0 Å². The fraction of sp³-hybridized carbons (Fsp3) is 0. The third kappa shape index (κ3) is 2.97. The Morgan fingerprint density at radius 1 is 1.17 bits per heavy atom. The van der Waals surface area contributed by atoms with Gasteiger partial charge in [0.05, 0.1) is 4.92 Å². The molecule has 0 spiro atoms. The van der Waals surface area contributed by atoms with Crippen LogP contribution in [0.4, 0.5) is 11.4 Å². The average Bonchev–Trinajstić information content (AvgIpc) is 2.54. The maximum atomic E-state index is 12.3. The van der Waals surface area contributed by atoms with Crippen LogP contribution in [0.15, 0.2) is 57.7 Å². The number of amides is 1. The fourth-order valence-corrected chi connectivity index (χ4v) is 2.48. The number of anilines is 1. The van der Waals surface area contributed by atoms with Gasteiger partial charge in [-0.25, -0.2) is 4.79 Å². The third-order valence-corrected chi connectivity index (χ3v) is 3.60. The number of rotatable bonds is 3. The number of para-hydroxylation sites is 1. The van der Waals surface area contributed by atoms with Gasteiger partial charge in [0.15, 0.2) is 0 Å². The lowest BCUT2D eigenvalue weighted by Crippen LogP contribution is -2.14. The number of carbonyl (C=O) groups excluding carboxylic acids is 1. The summed E-state index contributed by atoms with van der Waals surface area (Å²) in [7, 11) is 0. The summed E-state index contributed by atoms with van der Waals surface area (Å²) in [5.41, 5.74) is -0.311. The molecule has 120 valence electrons. The van der Waals surface area contributed by atoms with Crippen molar-refractivity contribution in [1.82, 2.24) is 0 Å². The van der Waals surface area contributed by atoms with E-state index < -0.39 is 22.1 Å². The fourth-order valence-electron chi connectivity index (χ4n) is 2.23. The predicted molar refractivity (Wildman–Crippen MR) is 88.5 cm³/mol. The highest BCUT2D eigenvalue weighted by Crippen LogP contribution is 2.29. The summed E-state index contributed by atoms with van der Waals surface area (Å²) in [5.74, 6) is -0.666. The molecule has 3 rings (SSSR count). The van der Waals surface area contributed by atoms with Gasteiger partial charge in [0.1, 0.15) is 16.2 Å². The monoisotopic (exact) mass is 344 g/mol. The van der Waals surface area contributed by atoms with Crippen molar-refractivity contribution < 1.29 is 14.1 Å². The molecule has 8 heteroatoms. The lowest BCUT2D eigenvalue weighted by atomic mass is 10.1. The average molecular weight is 345 g/mol. The SMILES string of the molecule is O=C(Nc1ccc2oc(=O)ccc2c1)c1cccc(Cl)c1[N+](=O)[O-]. The number of nitro groups is 1. The molecule has 0 saturated heterocycles. The number of carbonyl (C=O) groups is 1. The lowest BCUT2D eigenvalue weighted by Gasteiger charge is -2.07. The number of hydrogen-bond donors (Lipinski definition) is 1. The number of hydrogen-bond acceptors (Lipinski definition) is 5. The molecule has 1 heterocycles. The number of benzene rings is 2. The van der Waals surface area contributed by atoms with Gasteiger partial charge in [-0.05, 0) is 36.4 Å². The minimum atomic E-state index is -0.702. The Hall–Kier alpha value is -3.19. The van der Waals surface area contributed by atoms with Gasteiger partial charge >= 0.3 is 11.3 Å². The Kier molecular flexibility index (Phi) is 4.01. The summed E-state index contributed by atoms with van der Waals surface area (Å²) in [6, 6.07) is 11.6. The molecule has 0 bridgehead atoms. The van der Waals surface area contributed by atoms with Gasteiger partial charge in [-0.1, -0.05) is 17.7 Å². The van der Waals surface area contributed by atoms with Crippen molar-refractivity contribution in [1.29, 1.82) is 0 Å². The Morgan fingerprint density at radius 3 is 2.71 bits per heavy atom. The van der Waals surface area contributed by atoms with Crippen LogP contribution in [-0.2, 0) is 0 Å². The zero-order valence-electron chi connectivity index (χ0n) is 12.0. The van der Waals surface area contributed by atoms with E-state index in [1.165, 1.54) is 36.4 Å². The van der Waals surface area contributed by atoms with Crippen molar-refractivity contribution >= 4 is 39.9 Å². The molecule has 0 aliphatic heterocycles. The highest BCUT2D eigenvalue weighted by Gasteiger charge is 2.23. The summed E-state index contributed by atoms with van der Waals surface area (Å²) < 4.78 is 5.00. The predicted octanol–water partition coefficient (Wildman–Crippen LogP) is 3.61. The molecule has 0 atom stereocenters. The molecular formula is C16H9ClN2O5. The molecule has 0 radical (unpaired) electrons. The molecule has 0 fully saturated rings. The van der Waals surface area contributed by atoms with E-state index in [1.807, 2.05) is 0 Å². The van der Waals surface area contributed by atoms with Crippen LogP contribution in [0.3, 0.4) is 0 Å². The van der Waals surface area contributed by atoms with Gasteiger partial charge in [-0.15, -0.1) is 0 Å². The first kappa shape index (κ1) is 15.7. The second kappa shape index (κ2) is 6.13. The maximum Gasteiger partial charge on any atom is 0.336 e. The van der Waals surface area contributed by atoms with E-state index in [4.69, 9.17) is 16.0 Å². The molecule has 0 aliphatic rings. The molecule has 0 unspecified atom stereocenters. The van der Waals surface area contributed by atoms with E-state index in [0.717, 1.165) is 0 Å². The molecule has 0 aliphatic carbocycles. The Morgan fingerprint density at radius 2 is 1.96 bits per heavy atom. The quantitative estimate of drug-likeness (QED) is 0.444. The Bertz CT molecular complexity index is 1030. The van der Waals surface area contributed by atoms with Crippen LogP contribution >= 0.6 is 11.6 Å². The third-order valence-electron chi connectivity index (χ3n) is 3.29. The number of halogens is 1. The highest BCUT2D eigenvalue weighted by molar-refractivity contribution is 6.33. The van der Waals surface area contributed by atoms with E-state index in [1.54, 1.807) is 12.1 Å². The summed E-state index contributed by atoms with van der Waals surface area (Å²) >= 11 is 5.80. The minimum absolute atomic E-state index is 0.118. The summed E-state index contributed by atoms with van der Waals surface area (Å²) in [6.07, 6.45) is 0. The van der Waals surface area contributed by atoms with Crippen LogP contribution in [0.2, 0.25) is 5.02 Å². The van der Waals surface area contributed by atoms with Crippen LogP contribution in [0.25, 0.3) is 11.0 Å². The first-order chi connectivity index (χ1) is 11.5. The van der Waals surface area contributed by atoms with Crippen molar-refractivity contribution in [3.63, 3.8) is 0 Å². The molecule has 24 heavy (non-hydrogen) atoms.